The lowest BCUT2D eigenvalue weighted by molar-refractivity contribution is 0.573. The van der Waals surface area contributed by atoms with Crippen LogP contribution in [0.1, 0.15) is 27.7 Å². The second kappa shape index (κ2) is 5.01. The largest absolute Gasteiger partial charge is 0.223 e. The second-order valence-corrected chi connectivity index (χ2v) is 9.58. The molecule has 0 aromatic heterocycles. The second-order valence-electron chi connectivity index (χ2n) is 4.63. The van der Waals surface area contributed by atoms with Crippen molar-refractivity contribution in [2.24, 2.45) is 0 Å². The van der Waals surface area contributed by atoms with E-state index in [1.165, 1.54) is 52.0 Å². The summed E-state index contributed by atoms with van der Waals surface area (Å²) in [5.41, 5.74) is 0. The Morgan fingerprint density at radius 3 is 1.22 bits per heavy atom. The molecule has 1 aromatic rings. The summed E-state index contributed by atoms with van der Waals surface area (Å²) in [7, 11) is -7.21. The van der Waals surface area contributed by atoms with Crippen molar-refractivity contribution < 1.29 is 16.8 Å². The molecule has 0 amide bonds. The molecule has 0 heterocycles. The molecule has 0 radical (unpaired) electrons. The highest BCUT2D eigenvalue weighted by molar-refractivity contribution is 7.95. The van der Waals surface area contributed by atoms with Crippen LogP contribution >= 0.6 is 0 Å². The maximum atomic E-state index is 12.2. The van der Waals surface area contributed by atoms with Crippen LogP contribution < -0.4 is 0 Å². The molecule has 0 bridgehead atoms. The first-order valence-corrected chi connectivity index (χ1v) is 8.78. The van der Waals surface area contributed by atoms with Crippen molar-refractivity contribution in [1.82, 2.24) is 0 Å². The van der Waals surface area contributed by atoms with Crippen LogP contribution in [0.4, 0.5) is 0 Å². The van der Waals surface area contributed by atoms with Gasteiger partial charge in [-0.3, -0.25) is 0 Å². The third-order valence-corrected chi connectivity index (χ3v) is 7.25. The first-order valence-electron chi connectivity index (χ1n) is 5.68. The summed E-state index contributed by atoms with van der Waals surface area (Å²) in [6.45, 7) is 6.14. The van der Waals surface area contributed by atoms with Crippen LogP contribution in [-0.2, 0) is 19.7 Å². The van der Waals surface area contributed by atoms with E-state index in [1.807, 2.05) is 0 Å². The van der Waals surface area contributed by atoms with Crippen LogP contribution in [0.2, 0.25) is 0 Å². The number of benzene rings is 1. The van der Waals surface area contributed by atoms with E-state index in [0.717, 1.165) is 0 Å². The van der Waals surface area contributed by atoms with Gasteiger partial charge in [0.15, 0.2) is 19.7 Å². The standard InChI is InChI=1S/C12H18O4S2/c1-9(2)17(13,14)11-7-5-6-8-12(11)18(15,16)10(3)4/h5-10H,1-4H3. The maximum absolute atomic E-state index is 12.2. The van der Waals surface area contributed by atoms with E-state index >= 15 is 0 Å². The molecule has 0 spiro atoms. The molecular weight excluding hydrogens is 272 g/mol. The van der Waals surface area contributed by atoms with Crippen molar-refractivity contribution in [3.63, 3.8) is 0 Å². The van der Waals surface area contributed by atoms with Gasteiger partial charge in [0.05, 0.1) is 20.3 Å². The topological polar surface area (TPSA) is 68.3 Å². The van der Waals surface area contributed by atoms with Gasteiger partial charge in [-0.15, -0.1) is 0 Å². The molecule has 0 saturated carbocycles. The summed E-state index contributed by atoms with van der Waals surface area (Å²) in [5, 5.41) is -1.30. The molecule has 6 heteroatoms. The predicted octanol–water partition coefficient (Wildman–Crippen LogP) is 2.05. The lowest BCUT2D eigenvalue weighted by Gasteiger charge is -2.14. The molecular formula is C12H18O4S2. The molecule has 0 aliphatic heterocycles. The van der Waals surface area contributed by atoms with E-state index in [2.05, 4.69) is 0 Å². The Labute approximate surface area is 109 Å². The summed E-state index contributed by atoms with van der Waals surface area (Å²) in [4.78, 5) is -0.206. The Kier molecular flexibility index (Phi) is 4.23. The number of hydrogen-bond donors (Lipinski definition) is 0. The molecule has 1 aromatic carbocycles. The normalized spacial score (nSPS) is 13.2. The first-order chi connectivity index (χ1) is 8.11. The minimum absolute atomic E-state index is 0.103. The molecule has 0 atom stereocenters. The van der Waals surface area contributed by atoms with Crippen LogP contribution in [0.3, 0.4) is 0 Å². The number of rotatable bonds is 4. The van der Waals surface area contributed by atoms with E-state index in [9.17, 15) is 16.8 Å². The van der Waals surface area contributed by atoms with Crippen molar-refractivity contribution in [3.8, 4) is 0 Å². The average molecular weight is 290 g/mol. The van der Waals surface area contributed by atoms with Crippen molar-refractivity contribution in [2.75, 3.05) is 0 Å². The molecule has 0 unspecified atom stereocenters. The van der Waals surface area contributed by atoms with E-state index in [4.69, 9.17) is 0 Å². The number of hydrogen-bond acceptors (Lipinski definition) is 4. The summed E-state index contributed by atoms with van der Waals surface area (Å²) in [6.07, 6.45) is 0. The molecule has 0 N–H and O–H groups in total. The lowest BCUT2D eigenvalue weighted by atomic mass is 10.4. The zero-order valence-electron chi connectivity index (χ0n) is 10.9. The zero-order chi connectivity index (χ0) is 14.1. The minimum atomic E-state index is -3.60. The third kappa shape index (κ3) is 2.59. The van der Waals surface area contributed by atoms with Gasteiger partial charge in [-0.1, -0.05) is 12.1 Å². The van der Waals surface area contributed by atoms with E-state index in [-0.39, 0.29) is 9.79 Å². The van der Waals surface area contributed by atoms with Gasteiger partial charge in [-0.25, -0.2) is 16.8 Å². The summed E-state index contributed by atoms with van der Waals surface area (Å²) in [6, 6.07) is 5.78. The quantitative estimate of drug-likeness (QED) is 0.851. The highest BCUT2D eigenvalue weighted by Gasteiger charge is 2.29. The van der Waals surface area contributed by atoms with Gasteiger partial charge in [0.2, 0.25) is 0 Å². The minimum Gasteiger partial charge on any atom is -0.223 e. The summed E-state index contributed by atoms with van der Waals surface area (Å²) < 4.78 is 48.6. The van der Waals surface area contributed by atoms with Crippen molar-refractivity contribution >= 4 is 19.7 Å². The van der Waals surface area contributed by atoms with E-state index < -0.39 is 30.2 Å². The molecule has 0 aliphatic carbocycles. The molecule has 0 aliphatic rings. The molecule has 4 nitrogen and oxygen atoms in total. The van der Waals surface area contributed by atoms with Gasteiger partial charge in [0, 0.05) is 0 Å². The van der Waals surface area contributed by atoms with Gasteiger partial charge < -0.3 is 0 Å². The van der Waals surface area contributed by atoms with Crippen LogP contribution in [-0.4, -0.2) is 27.3 Å². The van der Waals surface area contributed by atoms with Crippen molar-refractivity contribution in [1.29, 1.82) is 0 Å². The fourth-order valence-corrected chi connectivity index (χ4v) is 4.37. The summed E-state index contributed by atoms with van der Waals surface area (Å²) in [5.74, 6) is 0. The van der Waals surface area contributed by atoms with E-state index in [1.54, 1.807) is 0 Å². The highest BCUT2D eigenvalue weighted by Crippen LogP contribution is 2.27. The van der Waals surface area contributed by atoms with E-state index in [0.29, 0.717) is 0 Å². The van der Waals surface area contributed by atoms with Crippen molar-refractivity contribution in [3.05, 3.63) is 24.3 Å². The Bertz CT molecular complexity index is 569. The predicted molar refractivity (Wildman–Crippen MR) is 71.1 cm³/mol. The molecule has 0 fully saturated rings. The highest BCUT2D eigenvalue weighted by atomic mass is 32.2. The molecule has 1 rings (SSSR count). The Balaban J connectivity index is 3.62. The average Bonchev–Trinajstić information content (AvgIpc) is 2.28. The Hall–Kier alpha value is -0.880. The fraction of sp³-hybridized carbons (Fsp3) is 0.500. The number of sulfone groups is 2. The van der Waals surface area contributed by atoms with Crippen LogP contribution in [0.5, 0.6) is 0 Å². The molecule has 18 heavy (non-hydrogen) atoms. The summed E-state index contributed by atoms with van der Waals surface area (Å²) >= 11 is 0. The van der Waals surface area contributed by atoms with Gasteiger partial charge >= 0.3 is 0 Å². The van der Waals surface area contributed by atoms with Gasteiger partial charge in [0.1, 0.15) is 0 Å². The first kappa shape index (κ1) is 15.2. The monoisotopic (exact) mass is 290 g/mol. The molecule has 0 saturated heterocycles. The Morgan fingerprint density at radius 2 is 1.00 bits per heavy atom. The zero-order valence-corrected chi connectivity index (χ0v) is 12.5. The van der Waals surface area contributed by atoms with Gasteiger partial charge in [-0.2, -0.15) is 0 Å². The molecule has 102 valence electrons. The Morgan fingerprint density at radius 1 is 0.722 bits per heavy atom. The maximum Gasteiger partial charge on any atom is 0.181 e. The van der Waals surface area contributed by atoms with Crippen LogP contribution in [0, 0.1) is 0 Å². The van der Waals surface area contributed by atoms with Crippen molar-refractivity contribution in [2.45, 2.75) is 48.0 Å². The lowest BCUT2D eigenvalue weighted by Crippen LogP contribution is -2.21. The fourth-order valence-electron chi connectivity index (χ4n) is 1.43. The van der Waals surface area contributed by atoms with Gasteiger partial charge in [-0.05, 0) is 39.8 Å². The smallest absolute Gasteiger partial charge is 0.181 e. The third-order valence-electron chi connectivity index (χ3n) is 2.70. The SMILES string of the molecule is CC(C)S(=O)(=O)c1ccccc1S(=O)(=O)C(C)C. The van der Waals surface area contributed by atoms with Crippen LogP contribution in [0.25, 0.3) is 0 Å². The van der Waals surface area contributed by atoms with Gasteiger partial charge in [0.25, 0.3) is 0 Å². The van der Waals surface area contributed by atoms with Crippen LogP contribution in [0.15, 0.2) is 34.1 Å².